The number of carbonyl (C=O) groups is 3. The average Bonchev–Trinajstić information content (AvgIpc) is 3.21. The van der Waals surface area contributed by atoms with Gasteiger partial charge < -0.3 is 42.6 Å². The highest BCUT2D eigenvalue weighted by Gasteiger charge is 2.34. The molecule has 2 rings (SSSR count). The number of rotatable bonds is 26. The molecule has 0 bridgehead atoms. The predicted octanol–water partition coefficient (Wildman–Crippen LogP) is 1.76. The number of fused-ring (bicyclic) bond motifs is 1. The number of ether oxygens (including phenoxy) is 9. The Morgan fingerprint density at radius 2 is 0.884 bits per heavy atom. The van der Waals surface area contributed by atoms with Crippen molar-refractivity contribution in [2.75, 3.05) is 112 Å². The van der Waals surface area contributed by atoms with Crippen molar-refractivity contribution < 1.29 is 57.0 Å². The van der Waals surface area contributed by atoms with Crippen molar-refractivity contribution >= 4 is 17.8 Å². The molecule has 1 heterocycles. The van der Waals surface area contributed by atoms with Gasteiger partial charge in [0, 0.05) is 0 Å². The van der Waals surface area contributed by atoms with Gasteiger partial charge in [-0.1, -0.05) is 12.1 Å². The number of nitrogens with zero attached hydrogens (tertiary/aromatic N) is 1. The maximum atomic E-state index is 12.3. The molecule has 13 heteroatoms. The summed E-state index contributed by atoms with van der Waals surface area (Å²) in [5.41, 5.74) is 0.360. The molecule has 43 heavy (non-hydrogen) atoms. The molecular weight excluding hydrogens is 566 g/mol. The molecule has 13 nitrogen and oxygen atoms in total. The summed E-state index contributed by atoms with van der Waals surface area (Å²) in [6.07, 6.45) is 0. The smallest absolute Gasteiger partial charge is 0.332 e. The third kappa shape index (κ3) is 16.8. The van der Waals surface area contributed by atoms with Gasteiger partial charge in [0.05, 0.1) is 117 Å². The molecule has 0 N–H and O–H groups in total. The van der Waals surface area contributed by atoms with Crippen LogP contribution in [-0.2, 0) is 47.4 Å². The topological polar surface area (TPSA) is 138 Å². The maximum absolute atomic E-state index is 12.3. The molecule has 0 spiro atoms. The molecule has 0 fully saturated rings. The lowest BCUT2D eigenvalue weighted by atomic mass is 10.1. The Morgan fingerprint density at radius 1 is 0.558 bits per heavy atom. The number of carbonyl (C=O) groups excluding carboxylic acids is 3. The minimum absolute atomic E-state index is 0.0910. The minimum atomic E-state index is -0.517. The van der Waals surface area contributed by atoms with Crippen LogP contribution in [0.25, 0.3) is 0 Å². The molecule has 0 radical (unpaired) electrons. The van der Waals surface area contributed by atoms with Crippen LogP contribution in [0.4, 0.5) is 0 Å². The highest BCUT2D eigenvalue weighted by Crippen LogP contribution is 2.21. The van der Waals surface area contributed by atoms with E-state index in [-0.39, 0.29) is 31.6 Å². The second kappa shape index (κ2) is 22.1. The number of esters is 1. The molecule has 2 amide bonds. The zero-order chi connectivity index (χ0) is 31.2. The molecule has 0 unspecified atom stereocenters. The van der Waals surface area contributed by atoms with Gasteiger partial charge in [-0.3, -0.25) is 14.5 Å². The molecule has 0 aromatic heterocycles. The lowest BCUT2D eigenvalue weighted by Gasteiger charge is -2.19. The summed E-state index contributed by atoms with van der Waals surface area (Å²) in [4.78, 5) is 37.3. The lowest BCUT2D eigenvalue weighted by molar-refractivity contribution is -0.160. The normalized spacial score (nSPS) is 13.1. The SMILES string of the molecule is CC(C)(C)OC(=O)COCCOCCOCCOCCOCCOCCOCCOCCN1C(=O)c2ccccc2C1=O. The molecular formula is C30H47NO12. The summed E-state index contributed by atoms with van der Waals surface area (Å²) in [7, 11) is 0. The van der Waals surface area contributed by atoms with Crippen LogP contribution in [0.1, 0.15) is 41.5 Å². The Labute approximate surface area is 253 Å². The van der Waals surface area contributed by atoms with Crippen molar-refractivity contribution in [3.8, 4) is 0 Å². The monoisotopic (exact) mass is 613 g/mol. The van der Waals surface area contributed by atoms with E-state index in [2.05, 4.69) is 0 Å². The third-order valence-corrected chi connectivity index (χ3v) is 5.58. The summed E-state index contributed by atoms with van der Waals surface area (Å²) in [6.45, 7) is 11.7. The summed E-state index contributed by atoms with van der Waals surface area (Å²) in [5, 5.41) is 0. The average molecular weight is 614 g/mol. The minimum Gasteiger partial charge on any atom is -0.458 e. The Balaban J connectivity index is 1.23. The third-order valence-electron chi connectivity index (χ3n) is 5.58. The zero-order valence-corrected chi connectivity index (χ0v) is 25.7. The highest BCUT2D eigenvalue weighted by molar-refractivity contribution is 6.21. The van der Waals surface area contributed by atoms with Crippen molar-refractivity contribution in [1.82, 2.24) is 4.90 Å². The van der Waals surface area contributed by atoms with Crippen molar-refractivity contribution in [3.63, 3.8) is 0 Å². The molecule has 0 saturated carbocycles. The molecule has 0 atom stereocenters. The highest BCUT2D eigenvalue weighted by atomic mass is 16.6. The van der Waals surface area contributed by atoms with E-state index >= 15 is 0 Å². The summed E-state index contributed by atoms with van der Waals surface area (Å²) < 4.78 is 48.4. The first-order valence-electron chi connectivity index (χ1n) is 14.6. The molecule has 1 aliphatic heterocycles. The van der Waals surface area contributed by atoms with Gasteiger partial charge in [-0.05, 0) is 32.9 Å². The van der Waals surface area contributed by atoms with Crippen molar-refractivity contribution in [1.29, 1.82) is 0 Å². The van der Waals surface area contributed by atoms with E-state index in [9.17, 15) is 14.4 Å². The first-order valence-corrected chi connectivity index (χ1v) is 14.6. The second-order valence-electron chi connectivity index (χ2n) is 10.2. The predicted molar refractivity (Wildman–Crippen MR) is 154 cm³/mol. The second-order valence-corrected chi connectivity index (χ2v) is 10.2. The fraction of sp³-hybridized carbons (Fsp3) is 0.700. The van der Waals surface area contributed by atoms with E-state index in [4.69, 9.17) is 42.6 Å². The molecule has 244 valence electrons. The van der Waals surface area contributed by atoms with Crippen molar-refractivity contribution in [2.45, 2.75) is 26.4 Å². The van der Waals surface area contributed by atoms with E-state index in [1.54, 1.807) is 24.3 Å². The van der Waals surface area contributed by atoms with E-state index in [0.29, 0.717) is 104 Å². The molecule has 0 saturated heterocycles. The fourth-order valence-electron chi connectivity index (χ4n) is 3.66. The molecule has 1 aromatic rings. The van der Waals surface area contributed by atoms with Crippen molar-refractivity contribution in [3.05, 3.63) is 35.4 Å². The number of imide groups is 1. The van der Waals surface area contributed by atoms with Crippen molar-refractivity contribution in [2.24, 2.45) is 0 Å². The van der Waals surface area contributed by atoms with Gasteiger partial charge in [-0.15, -0.1) is 0 Å². The molecule has 1 aromatic carbocycles. The first-order chi connectivity index (χ1) is 20.8. The largest absolute Gasteiger partial charge is 0.458 e. The van der Waals surface area contributed by atoms with E-state index in [1.165, 1.54) is 4.90 Å². The number of benzene rings is 1. The Morgan fingerprint density at radius 3 is 1.23 bits per heavy atom. The van der Waals surface area contributed by atoms with E-state index < -0.39 is 11.6 Å². The number of hydrogen-bond donors (Lipinski definition) is 0. The van der Waals surface area contributed by atoms with E-state index in [0.717, 1.165) is 0 Å². The van der Waals surface area contributed by atoms with Gasteiger partial charge in [0.25, 0.3) is 11.8 Å². The van der Waals surface area contributed by atoms with Gasteiger partial charge in [-0.2, -0.15) is 0 Å². The summed E-state index contributed by atoms with van der Waals surface area (Å²) >= 11 is 0. The molecule has 1 aliphatic rings. The summed E-state index contributed by atoms with van der Waals surface area (Å²) in [6, 6.07) is 6.80. The zero-order valence-electron chi connectivity index (χ0n) is 25.7. The van der Waals surface area contributed by atoms with Crippen LogP contribution < -0.4 is 0 Å². The lowest BCUT2D eigenvalue weighted by Crippen LogP contribution is -2.33. The Bertz CT molecular complexity index is 901. The van der Waals surface area contributed by atoms with E-state index in [1.807, 2.05) is 20.8 Å². The van der Waals surface area contributed by atoms with Gasteiger partial charge in [0.1, 0.15) is 12.2 Å². The van der Waals surface area contributed by atoms with Crippen LogP contribution >= 0.6 is 0 Å². The molecule has 0 aliphatic carbocycles. The van der Waals surface area contributed by atoms with Crippen LogP contribution in [0, 0.1) is 0 Å². The quantitative estimate of drug-likeness (QED) is 0.0855. The van der Waals surface area contributed by atoms with Crippen LogP contribution in [0.2, 0.25) is 0 Å². The Hall–Kier alpha value is -2.49. The number of hydrogen-bond acceptors (Lipinski definition) is 12. The van der Waals surface area contributed by atoms with Crippen LogP contribution in [-0.4, -0.2) is 141 Å². The fourth-order valence-corrected chi connectivity index (χ4v) is 3.66. The number of amides is 2. The van der Waals surface area contributed by atoms with Crippen LogP contribution in [0.5, 0.6) is 0 Å². The van der Waals surface area contributed by atoms with Crippen LogP contribution in [0.3, 0.4) is 0 Å². The summed E-state index contributed by atoms with van der Waals surface area (Å²) in [5.74, 6) is -0.957. The van der Waals surface area contributed by atoms with Gasteiger partial charge in [0.15, 0.2) is 0 Å². The Kier molecular flexibility index (Phi) is 18.8. The first kappa shape index (κ1) is 36.7. The van der Waals surface area contributed by atoms with Gasteiger partial charge >= 0.3 is 5.97 Å². The maximum Gasteiger partial charge on any atom is 0.332 e. The van der Waals surface area contributed by atoms with Gasteiger partial charge in [0.2, 0.25) is 0 Å². The van der Waals surface area contributed by atoms with Gasteiger partial charge in [-0.25, -0.2) is 4.79 Å². The standard InChI is InChI=1S/C30H47NO12/c1-30(2,3)43-27(32)24-42-23-22-41-21-20-40-19-18-39-17-16-38-15-14-37-13-12-36-11-10-35-9-8-31-28(33)25-6-4-5-7-26(25)29(31)34/h4-7H,8-24H2,1-3H3. The van der Waals surface area contributed by atoms with Crippen LogP contribution in [0.15, 0.2) is 24.3 Å².